The number of hydrogen-bond acceptors (Lipinski definition) is 6. The number of rotatable bonds is 1. The number of aliphatic hydroxyl groups is 1. The SMILES string of the molecule is CC[C@@]12CCCN3CCC(=O)c4ccccc4N(C(=O)[C@@H]31)[C@@](C)(O)C2.O=C=O. The maximum atomic E-state index is 13.6. The molecule has 2 saturated heterocycles. The van der Waals surface area contributed by atoms with Crippen molar-refractivity contribution in [2.24, 2.45) is 5.41 Å². The molecule has 1 amide bonds. The molecule has 150 valence electrons. The number of Topliss-reactive ketones (excluding diaryl/α,β-unsaturated/α-hetero) is 1. The molecule has 7 nitrogen and oxygen atoms in total. The standard InChI is InChI=1S/C20H26N2O3.CO2/c1-3-20-10-6-11-21-12-9-16(23)14-7-4-5-8-15(14)22(18(24)17(20)21)19(2,25)13-20;2-1-3/h4-5,7-8,17,25H,3,6,9-13H2,1-2H3;/t17-,19+,20+;/m1./s1. The van der Waals surface area contributed by atoms with Crippen LogP contribution >= 0.6 is 0 Å². The van der Waals surface area contributed by atoms with Gasteiger partial charge >= 0.3 is 6.15 Å². The van der Waals surface area contributed by atoms with Gasteiger partial charge in [0.1, 0.15) is 5.72 Å². The third-order valence-corrected chi connectivity index (χ3v) is 6.46. The minimum absolute atomic E-state index is 0.0411. The fraction of sp³-hybridized carbons (Fsp3) is 0.571. The summed E-state index contributed by atoms with van der Waals surface area (Å²) >= 11 is 0. The summed E-state index contributed by atoms with van der Waals surface area (Å²) in [7, 11) is 0. The molecule has 0 saturated carbocycles. The number of amides is 1. The van der Waals surface area contributed by atoms with E-state index in [9.17, 15) is 14.7 Å². The van der Waals surface area contributed by atoms with E-state index in [-0.39, 0.29) is 29.3 Å². The highest BCUT2D eigenvalue weighted by molar-refractivity contribution is 6.08. The van der Waals surface area contributed by atoms with E-state index in [4.69, 9.17) is 9.59 Å². The Morgan fingerprint density at radius 3 is 2.57 bits per heavy atom. The molecule has 3 atom stereocenters. The van der Waals surface area contributed by atoms with E-state index in [1.165, 1.54) is 4.90 Å². The Balaban J connectivity index is 0.000000706. The van der Waals surface area contributed by atoms with E-state index in [2.05, 4.69) is 11.8 Å². The summed E-state index contributed by atoms with van der Waals surface area (Å²) in [5.41, 5.74) is -0.398. The minimum atomic E-state index is -1.28. The van der Waals surface area contributed by atoms with Gasteiger partial charge in [-0.3, -0.25) is 19.4 Å². The van der Waals surface area contributed by atoms with Gasteiger partial charge in [-0.05, 0) is 50.3 Å². The van der Waals surface area contributed by atoms with E-state index < -0.39 is 5.72 Å². The average molecular weight is 386 g/mol. The Kier molecular flexibility index (Phi) is 5.53. The predicted molar refractivity (Wildman–Crippen MR) is 100 cm³/mol. The van der Waals surface area contributed by atoms with Crippen molar-refractivity contribution in [3.8, 4) is 0 Å². The molecule has 2 fully saturated rings. The van der Waals surface area contributed by atoms with Crippen LogP contribution in [-0.2, 0) is 14.4 Å². The molecule has 7 heteroatoms. The topological polar surface area (TPSA) is 95.0 Å². The molecule has 0 aromatic heterocycles. The van der Waals surface area contributed by atoms with E-state index >= 15 is 0 Å². The number of benzene rings is 1. The van der Waals surface area contributed by atoms with Crippen LogP contribution in [0, 0.1) is 5.41 Å². The van der Waals surface area contributed by atoms with Crippen LogP contribution < -0.4 is 4.90 Å². The molecular weight excluding hydrogens is 360 g/mol. The van der Waals surface area contributed by atoms with Crippen molar-refractivity contribution >= 4 is 23.5 Å². The highest BCUT2D eigenvalue weighted by atomic mass is 16.3. The van der Waals surface area contributed by atoms with E-state index in [0.29, 0.717) is 30.6 Å². The highest BCUT2D eigenvalue weighted by Gasteiger charge is 2.59. The summed E-state index contributed by atoms with van der Waals surface area (Å²) < 4.78 is 0. The first-order chi connectivity index (χ1) is 13.3. The van der Waals surface area contributed by atoms with Crippen molar-refractivity contribution in [1.82, 2.24) is 4.90 Å². The summed E-state index contributed by atoms with van der Waals surface area (Å²) in [6, 6.07) is 6.96. The molecule has 1 aromatic rings. The molecule has 0 spiro atoms. The van der Waals surface area contributed by atoms with Gasteiger partial charge < -0.3 is 5.11 Å². The third-order valence-electron chi connectivity index (χ3n) is 6.46. The van der Waals surface area contributed by atoms with Crippen molar-refractivity contribution in [2.45, 2.75) is 57.7 Å². The van der Waals surface area contributed by atoms with Gasteiger partial charge in [0, 0.05) is 24.9 Å². The number of ketones is 1. The number of carbonyl (C=O) groups excluding carboxylic acids is 4. The Labute approximate surface area is 164 Å². The van der Waals surface area contributed by atoms with Crippen LogP contribution in [0.15, 0.2) is 24.3 Å². The quantitative estimate of drug-likeness (QED) is 0.793. The van der Waals surface area contributed by atoms with Gasteiger partial charge in [0.2, 0.25) is 5.91 Å². The summed E-state index contributed by atoms with van der Waals surface area (Å²) in [6.07, 6.45) is 4.03. The van der Waals surface area contributed by atoms with Crippen molar-refractivity contribution in [3.05, 3.63) is 29.8 Å². The third kappa shape index (κ3) is 3.20. The summed E-state index contributed by atoms with van der Waals surface area (Å²) in [6.45, 7) is 5.30. The summed E-state index contributed by atoms with van der Waals surface area (Å²) in [5, 5.41) is 11.3. The number of nitrogens with zero attached hydrogens (tertiary/aromatic N) is 2. The minimum Gasteiger partial charge on any atom is -0.371 e. The molecular formula is C21H26N2O5. The van der Waals surface area contributed by atoms with E-state index in [1.54, 1.807) is 19.1 Å². The molecule has 0 aliphatic carbocycles. The van der Waals surface area contributed by atoms with Gasteiger partial charge in [0.05, 0.1) is 11.7 Å². The fourth-order valence-electron chi connectivity index (χ4n) is 5.39. The van der Waals surface area contributed by atoms with Gasteiger partial charge in [-0.2, -0.15) is 9.59 Å². The van der Waals surface area contributed by atoms with Crippen molar-refractivity contribution in [2.75, 3.05) is 18.0 Å². The molecule has 0 unspecified atom stereocenters. The van der Waals surface area contributed by atoms with Crippen LogP contribution in [-0.4, -0.2) is 52.7 Å². The molecule has 3 aliphatic rings. The second-order valence-corrected chi connectivity index (χ2v) is 8.10. The van der Waals surface area contributed by atoms with Gasteiger partial charge in [-0.25, -0.2) is 0 Å². The Bertz CT molecular complexity index is 815. The first kappa shape index (κ1) is 20.4. The summed E-state index contributed by atoms with van der Waals surface area (Å²) in [5.74, 6) is -0.0145. The number of hydrogen-bond donors (Lipinski definition) is 1. The van der Waals surface area contributed by atoms with E-state index in [0.717, 1.165) is 25.8 Å². The lowest BCUT2D eigenvalue weighted by molar-refractivity contribution is -0.191. The smallest absolute Gasteiger partial charge is 0.371 e. The monoisotopic (exact) mass is 386 g/mol. The van der Waals surface area contributed by atoms with Crippen LogP contribution in [0.4, 0.5) is 5.69 Å². The van der Waals surface area contributed by atoms with Crippen molar-refractivity contribution in [3.63, 3.8) is 0 Å². The molecule has 3 heterocycles. The Morgan fingerprint density at radius 2 is 1.89 bits per heavy atom. The van der Waals surface area contributed by atoms with Crippen LogP contribution in [0.25, 0.3) is 0 Å². The molecule has 3 aliphatic heterocycles. The maximum Gasteiger partial charge on any atom is 0.373 e. The lowest BCUT2D eigenvalue weighted by Gasteiger charge is -2.58. The lowest BCUT2D eigenvalue weighted by Crippen LogP contribution is -2.70. The zero-order valence-electron chi connectivity index (χ0n) is 16.3. The summed E-state index contributed by atoms with van der Waals surface area (Å²) in [4.78, 5) is 46.3. The van der Waals surface area contributed by atoms with Crippen molar-refractivity contribution in [1.29, 1.82) is 0 Å². The number of anilines is 1. The largest absolute Gasteiger partial charge is 0.373 e. The van der Waals surface area contributed by atoms with Gasteiger partial charge in [0.15, 0.2) is 5.78 Å². The Hall–Kier alpha value is -2.34. The van der Waals surface area contributed by atoms with Crippen LogP contribution in [0.1, 0.15) is 56.3 Å². The van der Waals surface area contributed by atoms with Gasteiger partial charge in [0.25, 0.3) is 0 Å². The molecule has 0 radical (unpaired) electrons. The molecule has 1 aromatic carbocycles. The number of fused-ring (bicyclic) bond motifs is 3. The Morgan fingerprint density at radius 1 is 1.21 bits per heavy atom. The molecule has 1 N–H and O–H groups in total. The average Bonchev–Trinajstić information content (AvgIpc) is 2.69. The number of piperidine rings is 2. The zero-order valence-corrected chi connectivity index (χ0v) is 16.3. The van der Waals surface area contributed by atoms with Crippen LogP contribution in [0.2, 0.25) is 0 Å². The zero-order chi connectivity index (χ0) is 20.5. The normalized spacial score (nSPS) is 32.1. The molecule has 28 heavy (non-hydrogen) atoms. The van der Waals surface area contributed by atoms with Crippen LogP contribution in [0.3, 0.4) is 0 Å². The van der Waals surface area contributed by atoms with Gasteiger partial charge in [-0.1, -0.05) is 19.1 Å². The van der Waals surface area contributed by atoms with Crippen LogP contribution in [0.5, 0.6) is 0 Å². The first-order valence-corrected chi connectivity index (χ1v) is 9.73. The molecule has 2 bridgehead atoms. The predicted octanol–water partition coefficient (Wildman–Crippen LogP) is 2.00. The van der Waals surface area contributed by atoms with Gasteiger partial charge in [-0.15, -0.1) is 0 Å². The maximum absolute atomic E-state index is 13.6. The van der Waals surface area contributed by atoms with E-state index in [1.807, 2.05) is 12.1 Å². The number of carbonyl (C=O) groups is 2. The lowest BCUT2D eigenvalue weighted by atomic mass is 9.63. The second-order valence-electron chi connectivity index (χ2n) is 8.10. The fourth-order valence-corrected chi connectivity index (χ4v) is 5.39. The number of para-hydroxylation sites is 1. The first-order valence-electron chi connectivity index (χ1n) is 9.73. The second kappa shape index (κ2) is 7.59. The highest BCUT2D eigenvalue weighted by Crippen LogP contribution is 2.51. The molecule has 4 rings (SSSR count). The van der Waals surface area contributed by atoms with Crippen molar-refractivity contribution < 1.29 is 24.3 Å².